The van der Waals surface area contributed by atoms with Crippen molar-refractivity contribution in [2.75, 3.05) is 7.11 Å². The molecule has 3 heteroatoms. The Bertz CT molecular complexity index is 564. The molecule has 0 saturated carbocycles. The van der Waals surface area contributed by atoms with Crippen molar-refractivity contribution in [2.24, 2.45) is 0 Å². The third-order valence-electron chi connectivity index (χ3n) is 3.36. The minimum Gasteiger partial charge on any atom is -0.491 e. The van der Waals surface area contributed by atoms with E-state index in [4.69, 9.17) is 9.47 Å². The monoisotopic (exact) mass is 299 g/mol. The summed E-state index contributed by atoms with van der Waals surface area (Å²) in [4.78, 5) is 0. The lowest BCUT2D eigenvalue weighted by atomic mass is 10.1. The number of ether oxygens (including phenoxy) is 2. The van der Waals surface area contributed by atoms with E-state index < -0.39 is 0 Å². The summed E-state index contributed by atoms with van der Waals surface area (Å²) in [6.07, 6.45) is 0.210. The second-order valence-corrected chi connectivity index (χ2v) is 5.62. The predicted molar refractivity (Wildman–Crippen MR) is 89.9 cm³/mol. The fourth-order valence-electron chi connectivity index (χ4n) is 2.33. The van der Waals surface area contributed by atoms with Gasteiger partial charge in [-0.05, 0) is 42.7 Å². The summed E-state index contributed by atoms with van der Waals surface area (Å²) in [6.45, 7) is 6.39. The van der Waals surface area contributed by atoms with Crippen LogP contribution >= 0.6 is 0 Å². The van der Waals surface area contributed by atoms with E-state index in [0.717, 1.165) is 18.8 Å². The zero-order chi connectivity index (χ0) is 15.8. The predicted octanol–water partition coefficient (Wildman–Crippen LogP) is 3.91. The topological polar surface area (TPSA) is 30.5 Å². The lowest BCUT2D eigenvalue weighted by Crippen LogP contribution is -2.14. The van der Waals surface area contributed by atoms with Crippen molar-refractivity contribution in [1.29, 1.82) is 0 Å². The van der Waals surface area contributed by atoms with E-state index >= 15 is 0 Å². The smallest absolute Gasteiger partial charge is 0.119 e. The highest BCUT2D eigenvalue weighted by molar-refractivity contribution is 5.28. The summed E-state index contributed by atoms with van der Waals surface area (Å²) >= 11 is 0. The number of nitrogens with one attached hydrogen (secondary N) is 1. The van der Waals surface area contributed by atoms with Gasteiger partial charge in [-0.25, -0.2) is 0 Å². The van der Waals surface area contributed by atoms with Crippen LogP contribution < -0.4 is 10.1 Å². The number of methoxy groups -OCH3 is 1. The SMILES string of the molecule is COCc1ccccc1CNCc1ccc(OC(C)C)cc1. The Labute approximate surface area is 133 Å². The summed E-state index contributed by atoms with van der Waals surface area (Å²) in [7, 11) is 1.73. The highest BCUT2D eigenvalue weighted by Crippen LogP contribution is 2.14. The molecule has 0 radical (unpaired) electrons. The summed E-state index contributed by atoms with van der Waals surface area (Å²) < 4.78 is 10.9. The van der Waals surface area contributed by atoms with Gasteiger partial charge < -0.3 is 14.8 Å². The van der Waals surface area contributed by atoms with E-state index in [1.165, 1.54) is 16.7 Å². The molecule has 0 fully saturated rings. The van der Waals surface area contributed by atoms with Gasteiger partial charge in [0.25, 0.3) is 0 Å². The van der Waals surface area contributed by atoms with Gasteiger partial charge in [-0.1, -0.05) is 36.4 Å². The molecule has 0 amide bonds. The Kier molecular flexibility index (Phi) is 6.44. The molecule has 2 aromatic carbocycles. The summed E-state index contributed by atoms with van der Waals surface area (Å²) in [6, 6.07) is 16.6. The van der Waals surface area contributed by atoms with Crippen LogP contribution in [0.2, 0.25) is 0 Å². The van der Waals surface area contributed by atoms with Gasteiger partial charge in [0.15, 0.2) is 0 Å². The molecule has 0 aliphatic heterocycles. The molecule has 2 rings (SSSR count). The Morgan fingerprint density at radius 3 is 2.23 bits per heavy atom. The minimum absolute atomic E-state index is 0.210. The van der Waals surface area contributed by atoms with Crippen LogP contribution in [0.4, 0.5) is 0 Å². The molecule has 0 spiro atoms. The van der Waals surface area contributed by atoms with Gasteiger partial charge in [0.1, 0.15) is 5.75 Å². The van der Waals surface area contributed by atoms with Crippen LogP contribution in [0.15, 0.2) is 48.5 Å². The Hall–Kier alpha value is -1.84. The number of hydrogen-bond donors (Lipinski definition) is 1. The van der Waals surface area contributed by atoms with Gasteiger partial charge in [0, 0.05) is 20.2 Å². The van der Waals surface area contributed by atoms with E-state index in [1.807, 2.05) is 32.0 Å². The maximum absolute atomic E-state index is 5.65. The third kappa shape index (κ3) is 5.17. The first-order valence-corrected chi connectivity index (χ1v) is 7.71. The molecule has 2 aromatic rings. The maximum Gasteiger partial charge on any atom is 0.119 e. The first-order valence-electron chi connectivity index (χ1n) is 7.71. The molecule has 0 atom stereocenters. The zero-order valence-corrected chi connectivity index (χ0v) is 13.6. The standard InChI is InChI=1S/C19H25NO2/c1-15(2)22-19-10-8-16(9-11-19)12-20-13-17-6-4-5-7-18(17)14-21-3/h4-11,15,20H,12-14H2,1-3H3. The van der Waals surface area contributed by atoms with Crippen LogP contribution in [0.3, 0.4) is 0 Å². The van der Waals surface area contributed by atoms with E-state index in [2.05, 4.69) is 35.6 Å². The lowest BCUT2D eigenvalue weighted by Gasteiger charge is -2.12. The first kappa shape index (κ1) is 16.5. The lowest BCUT2D eigenvalue weighted by molar-refractivity contribution is 0.184. The largest absolute Gasteiger partial charge is 0.491 e. The van der Waals surface area contributed by atoms with E-state index in [9.17, 15) is 0 Å². The molecule has 22 heavy (non-hydrogen) atoms. The highest BCUT2D eigenvalue weighted by Gasteiger charge is 2.02. The number of rotatable bonds is 8. The molecule has 0 saturated heterocycles. The maximum atomic E-state index is 5.65. The molecule has 0 unspecified atom stereocenters. The molecule has 0 bridgehead atoms. The molecule has 0 aromatic heterocycles. The van der Waals surface area contributed by atoms with Gasteiger partial charge in [0.2, 0.25) is 0 Å². The minimum atomic E-state index is 0.210. The zero-order valence-electron chi connectivity index (χ0n) is 13.6. The van der Waals surface area contributed by atoms with E-state index in [0.29, 0.717) is 6.61 Å². The molecular formula is C19H25NO2. The molecule has 1 N–H and O–H groups in total. The first-order chi connectivity index (χ1) is 10.7. The van der Waals surface area contributed by atoms with Crippen LogP contribution in [0.1, 0.15) is 30.5 Å². The molecule has 0 aliphatic carbocycles. The van der Waals surface area contributed by atoms with E-state index in [1.54, 1.807) is 7.11 Å². The van der Waals surface area contributed by atoms with Gasteiger partial charge in [-0.3, -0.25) is 0 Å². The van der Waals surface area contributed by atoms with Crippen molar-refractivity contribution in [3.63, 3.8) is 0 Å². The average Bonchev–Trinajstić information content (AvgIpc) is 2.50. The van der Waals surface area contributed by atoms with Crippen LogP contribution in [0, 0.1) is 0 Å². The van der Waals surface area contributed by atoms with Crippen LogP contribution in [-0.4, -0.2) is 13.2 Å². The molecular weight excluding hydrogens is 274 g/mol. The van der Waals surface area contributed by atoms with Crippen molar-refractivity contribution < 1.29 is 9.47 Å². The third-order valence-corrected chi connectivity index (χ3v) is 3.36. The molecule has 0 heterocycles. The number of hydrogen-bond acceptors (Lipinski definition) is 3. The van der Waals surface area contributed by atoms with Crippen LogP contribution in [-0.2, 0) is 24.4 Å². The quantitative estimate of drug-likeness (QED) is 0.801. The van der Waals surface area contributed by atoms with E-state index in [-0.39, 0.29) is 6.10 Å². The van der Waals surface area contributed by atoms with Gasteiger partial charge >= 0.3 is 0 Å². The number of benzene rings is 2. The second kappa shape index (κ2) is 8.57. The van der Waals surface area contributed by atoms with Gasteiger partial charge in [0.05, 0.1) is 12.7 Å². The van der Waals surface area contributed by atoms with Crippen LogP contribution in [0.25, 0.3) is 0 Å². The highest BCUT2D eigenvalue weighted by atomic mass is 16.5. The van der Waals surface area contributed by atoms with Crippen molar-refractivity contribution in [3.05, 3.63) is 65.2 Å². The van der Waals surface area contributed by atoms with Crippen molar-refractivity contribution in [2.45, 2.75) is 39.6 Å². The summed E-state index contributed by atoms with van der Waals surface area (Å²) in [5, 5.41) is 3.48. The fourth-order valence-corrected chi connectivity index (χ4v) is 2.33. The molecule has 0 aliphatic rings. The van der Waals surface area contributed by atoms with Crippen molar-refractivity contribution in [3.8, 4) is 5.75 Å². The summed E-state index contributed by atoms with van der Waals surface area (Å²) in [5.74, 6) is 0.921. The van der Waals surface area contributed by atoms with Crippen LogP contribution in [0.5, 0.6) is 5.75 Å². The molecule has 118 valence electrons. The Morgan fingerprint density at radius 2 is 1.59 bits per heavy atom. The van der Waals surface area contributed by atoms with Gasteiger partial charge in [-0.15, -0.1) is 0 Å². The van der Waals surface area contributed by atoms with Crippen molar-refractivity contribution >= 4 is 0 Å². The average molecular weight is 299 g/mol. The van der Waals surface area contributed by atoms with Gasteiger partial charge in [-0.2, -0.15) is 0 Å². The Morgan fingerprint density at radius 1 is 0.909 bits per heavy atom. The molecule has 3 nitrogen and oxygen atoms in total. The fraction of sp³-hybridized carbons (Fsp3) is 0.368. The summed E-state index contributed by atoms with van der Waals surface area (Å²) in [5.41, 5.74) is 3.77. The second-order valence-electron chi connectivity index (χ2n) is 5.62. The normalized spacial score (nSPS) is 10.9. The Balaban J connectivity index is 1.86. The van der Waals surface area contributed by atoms with Crippen molar-refractivity contribution in [1.82, 2.24) is 5.32 Å².